The van der Waals surface area contributed by atoms with Gasteiger partial charge in [-0.1, -0.05) is 69.2 Å². The number of carboxylic acids is 3. The number of allylic oxidation sites excluding steroid dienone is 9. The lowest BCUT2D eigenvalue weighted by Gasteiger charge is -2.32. The number of nitrogens with zero attached hydrogens (tertiary/aromatic N) is 1. The average Bonchev–Trinajstić information content (AvgIpc) is 2.85. The number of carbonyl (C=O) groups excluding carboxylic acids is 1. The van der Waals surface area contributed by atoms with Crippen molar-refractivity contribution in [3.8, 4) is 0 Å². The van der Waals surface area contributed by atoms with E-state index in [4.69, 9.17) is 25.2 Å². The van der Waals surface area contributed by atoms with E-state index in [1.807, 2.05) is 19.1 Å². The van der Waals surface area contributed by atoms with Crippen LogP contribution in [0.1, 0.15) is 80.6 Å². The van der Waals surface area contributed by atoms with E-state index >= 15 is 0 Å². The predicted molar refractivity (Wildman–Crippen MR) is 162 cm³/mol. The molecule has 10 nitrogen and oxygen atoms in total. The van der Waals surface area contributed by atoms with Crippen molar-refractivity contribution in [2.45, 2.75) is 86.2 Å². The summed E-state index contributed by atoms with van der Waals surface area (Å²) in [7, 11) is 0. The Labute approximate surface area is 249 Å². The quantitative estimate of drug-likeness (QED) is 0.114. The third kappa shape index (κ3) is 15.5. The van der Waals surface area contributed by atoms with Gasteiger partial charge in [0.1, 0.15) is 6.61 Å². The Hall–Kier alpha value is -3.50. The molecule has 42 heavy (non-hydrogen) atoms. The highest BCUT2D eigenvalue weighted by Crippen LogP contribution is 2.40. The molecule has 0 bridgehead atoms. The van der Waals surface area contributed by atoms with Gasteiger partial charge in [0.25, 0.3) is 0 Å². The summed E-state index contributed by atoms with van der Waals surface area (Å²) in [5, 5.41) is 33.8. The largest absolute Gasteiger partial charge is 0.481 e. The molecule has 0 radical (unpaired) electrons. The first kappa shape index (κ1) is 38.5. The highest BCUT2D eigenvalue weighted by atomic mass is 16.5. The summed E-state index contributed by atoms with van der Waals surface area (Å²) in [5.41, 5.74) is 2.59. The molecule has 1 aliphatic rings. The van der Waals surface area contributed by atoms with Crippen LogP contribution in [0.4, 0.5) is 0 Å². The molecule has 0 aromatic rings. The van der Waals surface area contributed by atoms with Gasteiger partial charge in [-0.05, 0) is 69.7 Å². The Morgan fingerprint density at radius 2 is 1.55 bits per heavy atom. The highest BCUT2D eigenvalue weighted by Gasteiger charge is 2.40. The number of aliphatic hydroxyl groups is 1. The van der Waals surface area contributed by atoms with Crippen LogP contribution in [0.3, 0.4) is 0 Å². The Bertz CT molecular complexity index is 1070. The van der Waals surface area contributed by atoms with Crippen LogP contribution < -0.4 is 0 Å². The molecule has 0 aromatic carbocycles. The monoisotopic (exact) mass is 591 g/mol. The summed E-state index contributed by atoms with van der Waals surface area (Å²) in [6, 6.07) is 0. The lowest BCUT2D eigenvalue weighted by molar-refractivity contribution is -0.170. The van der Waals surface area contributed by atoms with Crippen LogP contribution in [0, 0.1) is 5.41 Å². The molecule has 10 heteroatoms. The van der Waals surface area contributed by atoms with E-state index in [0.717, 1.165) is 25.2 Å². The summed E-state index contributed by atoms with van der Waals surface area (Å²) in [6.45, 7) is 18.3. The maximum atomic E-state index is 11.9. The molecule has 0 fully saturated rings. The summed E-state index contributed by atoms with van der Waals surface area (Å²) < 4.78 is 5.29. The molecule has 0 unspecified atom stereocenters. The van der Waals surface area contributed by atoms with Crippen molar-refractivity contribution in [3.63, 3.8) is 0 Å². The number of hydrogen-bond acceptors (Lipinski definition) is 7. The fourth-order valence-corrected chi connectivity index (χ4v) is 4.44. The highest BCUT2D eigenvalue weighted by molar-refractivity contribution is 5.88. The molecule has 1 aliphatic carbocycles. The Balaban J connectivity index is 0.00000108. The fraction of sp³-hybridized carbons (Fsp3) is 0.562. The van der Waals surface area contributed by atoms with Crippen molar-refractivity contribution >= 4 is 23.9 Å². The first-order valence-electron chi connectivity index (χ1n) is 14.2. The van der Waals surface area contributed by atoms with Crippen LogP contribution in [-0.4, -0.2) is 81.0 Å². The van der Waals surface area contributed by atoms with E-state index in [1.54, 1.807) is 6.08 Å². The Morgan fingerprint density at radius 3 is 2.02 bits per heavy atom. The molecular formula is C32H49NO9. The second-order valence-electron chi connectivity index (χ2n) is 11.1. The molecular weight excluding hydrogens is 542 g/mol. The van der Waals surface area contributed by atoms with Crippen molar-refractivity contribution in [2.24, 2.45) is 5.41 Å². The van der Waals surface area contributed by atoms with Gasteiger partial charge in [-0.15, -0.1) is 0 Å². The minimum Gasteiger partial charge on any atom is -0.481 e. The van der Waals surface area contributed by atoms with Crippen LogP contribution in [-0.2, 0) is 23.9 Å². The summed E-state index contributed by atoms with van der Waals surface area (Å²) in [6.07, 6.45) is 13.5. The number of aliphatic carboxylic acids is 3. The van der Waals surface area contributed by atoms with E-state index in [-0.39, 0.29) is 11.4 Å². The van der Waals surface area contributed by atoms with Crippen molar-refractivity contribution in [2.75, 3.05) is 26.2 Å². The van der Waals surface area contributed by atoms with Crippen molar-refractivity contribution in [3.05, 3.63) is 58.7 Å². The molecule has 0 heterocycles. The zero-order chi connectivity index (χ0) is 32.5. The normalized spacial score (nSPS) is 16.0. The smallest absolute Gasteiger partial charge is 0.336 e. The molecule has 0 aliphatic heterocycles. The van der Waals surface area contributed by atoms with E-state index in [0.29, 0.717) is 6.61 Å². The van der Waals surface area contributed by atoms with Crippen molar-refractivity contribution in [1.29, 1.82) is 0 Å². The molecule has 0 saturated heterocycles. The van der Waals surface area contributed by atoms with Crippen LogP contribution in [0.15, 0.2) is 58.7 Å². The molecule has 4 N–H and O–H groups in total. The predicted octanol–water partition coefficient (Wildman–Crippen LogP) is 5.15. The van der Waals surface area contributed by atoms with Gasteiger partial charge in [-0.25, -0.2) is 9.59 Å². The van der Waals surface area contributed by atoms with Crippen LogP contribution in [0.2, 0.25) is 0 Å². The third-order valence-electron chi connectivity index (χ3n) is 6.95. The van der Waals surface area contributed by atoms with Gasteiger partial charge in [0, 0.05) is 12.6 Å². The van der Waals surface area contributed by atoms with E-state index in [2.05, 4.69) is 64.7 Å². The standard InChI is InChI=1S/C26H41NO2.C6H8O7/c1-8-27(9-2)18-19-29-25(28)20-22(4)13-10-12-21(3)15-16-24-23(5)14-11-17-26(24,6)7;7-3(8)1-6(13,5(11)12)2-4(9)10/h10,12-13,15-16,20H,8-9,11,14,17-19H2,1-7H3;13H,1-2H2,(H,7,8)(H,9,10)(H,11,12)/b13-10+,16-15+,21-12+,22-20+;. The third-order valence-corrected chi connectivity index (χ3v) is 6.95. The lowest BCUT2D eigenvalue weighted by Crippen LogP contribution is -2.42. The van der Waals surface area contributed by atoms with E-state index in [9.17, 15) is 19.2 Å². The van der Waals surface area contributed by atoms with Gasteiger partial charge >= 0.3 is 23.9 Å². The number of hydrogen-bond donors (Lipinski definition) is 4. The SMILES string of the molecule is CCN(CC)CCOC(=O)/C=C(C)/C=C/C=C(C)/C=C/C1=C(C)CCCC1(C)C.O=C(O)CC(O)(CC(=O)O)C(=O)O. The molecule has 0 aromatic heterocycles. The van der Waals surface area contributed by atoms with Crippen molar-refractivity contribution < 1.29 is 44.3 Å². The number of ether oxygens (including phenoxy) is 1. The van der Waals surface area contributed by atoms with E-state index < -0.39 is 36.4 Å². The van der Waals surface area contributed by atoms with Gasteiger partial charge in [-0.3, -0.25) is 9.59 Å². The summed E-state index contributed by atoms with van der Waals surface area (Å²) in [5.74, 6) is -5.29. The molecule has 1 rings (SSSR count). The summed E-state index contributed by atoms with van der Waals surface area (Å²) in [4.78, 5) is 44.6. The number of likely N-dealkylation sites (N-methyl/N-ethyl adjacent to an activating group) is 1. The topological polar surface area (TPSA) is 162 Å². The molecule has 0 amide bonds. The fourth-order valence-electron chi connectivity index (χ4n) is 4.44. The summed E-state index contributed by atoms with van der Waals surface area (Å²) >= 11 is 0. The number of carbonyl (C=O) groups is 4. The van der Waals surface area contributed by atoms with Gasteiger partial charge in [0.15, 0.2) is 5.60 Å². The van der Waals surface area contributed by atoms with Crippen LogP contribution >= 0.6 is 0 Å². The number of rotatable bonds is 15. The van der Waals surface area contributed by atoms with Crippen LogP contribution in [0.25, 0.3) is 0 Å². The first-order chi connectivity index (χ1) is 19.5. The van der Waals surface area contributed by atoms with Crippen molar-refractivity contribution in [1.82, 2.24) is 4.90 Å². The van der Waals surface area contributed by atoms with E-state index in [1.165, 1.54) is 36.0 Å². The molecule has 0 spiro atoms. The maximum Gasteiger partial charge on any atom is 0.336 e. The molecule has 236 valence electrons. The van der Waals surface area contributed by atoms with Gasteiger partial charge in [0.2, 0.25) is 0 Å². The minimum atomic E-state index is -2.74. The average molecular weight is 592 g/mol. The number of esters is 1. The van der Waals surface area contributed by atoms with Gasteiger partial charge in [0.05, 0.1) is 12.8 Å². The second kappa shape index (κ2) is 18.8. The zero-order valence-electron chi connectivity index (χ0n) is 26.1. The Morgan fingerprint density at radius 1 is 0.976 bits per heavy atom. The van der Waals surface area contributed by atoms with Gasteiger partial charge in [-0.2, -0.15) is 0 Å². The lowest BCUT2D eigenvalue weighted by atomic mass is 9.72. The Kier molecular flexibility index (Phi) is 17.3. The second-order valence-corrected chi connectivity index (χ2v) is 11.1. The minimum absolute atomic E-state index is 0.264. The van der Waals surface area contributed by atoms with Gasteiger partial charge < -0.3 is 30.1 Å². The maximum absolute atomic E-state index is 11.9. The number of carboxylic acid groups (broad SMARTS) is 3. The molecule has 0 saturated carbocycles. The molecule has 0 atom stereocenters. The zero-order valence-corrected chi connectivity index (χ0v) is 26.1. The van der Waals surface area contributed by atoms with Crippen LogP contribution in [0.5, 0.6) is 0 Å². The first-order valence-corrected chi connectivity index (χ1v) is 14.2.